The van der Waals surface area contributed by atoms with E-state index in [1.54, 1.807) is 13.8 Å². The fraction of sp³-hybridized carbons (Fsp3) is 0.778. The molecule has 0 radical (unpaired) electrons. The monoisotopic (exact) mass is 204 g/mol. The van der Waals surface area contributed by atoms with E-state index < -0.39 is 0 Å². The second-order valence-electron chi connectivity index (χ2n) is 2.51. The molecule has 0 heterocycles. The van der Waals surface area contributed by atoms with Crippen molar-refractivity contribution in [2.45, 2.75) is 26.7 Å². The molecule has 0 aromatic heterocycles. The highest BCUT2D eigenvalue weighted by Crippen LogP contribution is 1.95. The highest BCUT2D eigenvalue weighted by molar-refractivity contribution is 5.83. The second-order valence-corrected chi connectivity index (χ2v) is 2.51. The van der Waals surface area contributed by atoms with Crippen molar-refractivity contribution in [1.29, 1.82) is 0 Å². The van der Waals surface area contributed by atoms with Gasteiger partial charge in [0, 0.05) is 6.42 Å². The highest BCUT2D eigenvalue weighted by atomic mass is 17.2. The average molecular weight is 204 g/mol. The largest absolute Gasteiger partial charge is 0.466 e. The first-order chi connectivity index (χ1) is 6.70. The van der Waals surface area contributed by atoms with Crippen LogP contribution in [0.3, 0.4) is 0 Å². The van der Waals surface area contributed by atoms with E-state index in [0.717, 1.165) is 0 Å². The van der Waals surface area contributed by atoms with Crippen molar-refractivity contribution in [3.8, 4) is 0 Å². The number of ketones is 1. The topological polar surface area (TPSA) is 61.8 Å². The summed E-state index contributed by atoms with van der Waals surface area (Å²) in [6.45, 7) is 4.09. The van der Waals surface area contributed by atoms with Crippen LogP contribution in [-0.4, -0.2) is 31.6 Å². The third-order valence-electron chi connectivity index (χ3n) is 1.33. The first-order valence-electron chi connectivity index (χ1n) is 4.62. The summed E-state index contributed by atoms with van der Waals surface area (Å²) in [7, 11) is 0. The van der Waals surface area contributed by atoms with E-state index >= 15 is 0 Å². The van der Waals surface area contributed by atoms with Gasteiger partial charge < -0.3 is 4.74 Å². The number of ether oxygens (including phenoxy) is 1. The van der Waals surface area contributed by atoms with Crippen LogP contribution >= 0.6 is 0 Å². The Morgan fingerprint density at radius 1 is 1.00 bits per heavy atom. The highest BCUT2D eigenvalue weighted by Gasteiger charge is 2.07. The number of hydrogen-bond acceptors (Lipinski definition) is 5. The Labute approximate surface area is 83.3 Å². The molecule has 0 unspecified atom stereocenters. The lowest BCUT2D eigenvalue weighted by Gasteiger charge is -2.01. The molecule has 5 heteroatoms. The van der Waals surface area contributed by atoms with Gasteiger partial charge in [0.25, 0.3) is 0 Å². The van der Waals surface area contributed by atoms with Gasteiger partial charge in [-0.15, -0.1) is 0 Å². The molecule has 0 aliphatic rings. The molecule has 0 bridgehead atoms. The number of carbonyl (C=O) groups is 2. The van der Waals surface area contributed by atoms with Gasteiger partial charge in [-0.05, 0) is 13.8 Å². The minimum absolute atomic E-state index is 0.0994. The lowest BCUT2D eigenvalue weighted by atomic mass is 10.2. The maximum Gasteiger partial charge on any atom is 0.306 e. The van der Waals surface area contributed by atoms with Gasteiger partial charge in [-0.2, -0.15) is 0 Å². The molecule has 82 valence electrons. The number of rotatable bonds is 8. The van der Waals surface area contributed by atoms with Crippen LogP contribution in [0.2, 0.25) is 0 Å². The molecular weight excluding hydrogens is 188 g/mol. The van der Waals surface area contributed by atoms with Crippen LogP contribution in [0.25, 0.3) is 0 Å². The minimum atomic E-state index is -0.364. The van der Waals surface area contributed by atoms with Crippen LogP contribution in [0.4, 0.5) is 0 Å². The van der Waals surface area contributed by atoms with Gasteiger partial charge in [-0.25, -0.2) is 9.78 Å². The molecule has 0 N–H and O–H groups in total. The van der Waals surface area contributed by atoms with Crippen molar-refractivity contribution < 1.29 is 24.1 Å². The summed E-state index contributed by atoms with van der Waals surface area (Å²) in [6.07, 6.45) is 0.230. The van der Waals surface area contributed by atoms with E-state index in [9.17, 15) is 9.59 Å². The smallest absolute Gasteiger partial charge is 0.306 e. The molecule has 14 heavy (non-hydrogen) atoms. The molecule has 0 atom stereocenters. The molecular formula is C9H16O5. The zero-order valence-electron chi connectivity index (χ0n) is 8.58. The minimum Gasteiger partial charge on any atom is -0.466 e. The van der Waals surface area contributed by atoms with Crippen molar-refractivity contribution in [1.82, 2.24) is 0 Å². The van der Waals surface area contributed by atoms with E-state index in [4.69, 9.17) is 0 Å². The van der Waals surface area contributed by atoms with E-state index in [0.29, 0.717) is 13.2 Å². The quantitative estimate of drug-likeness (QED) is 0.254. The fourth-order valence-corrected chi connectivity index (χ4v) is 0.738. The third kappa shape index (κ3) is 7.70. The van der Waals surface area contributed by atoms with Crippen LogP contribution < -0.4 is 0 Å². The van der Waals surface area contributed by atoms with Crippen molar-refractivity contribution in [2.24, 2.45) is 0 Å². The van der Waals surface area contributed by atoms with Gasteiger partial charge >= 0.3 is 5.97 Å². The molecule has 0 aliphatic carbocycles. The average Bonchev–Trinajstić information content (AvgIpc) is 2.16. The van der Waals surface area contributed by atoms with Gasteiger partial charge in [-0.3, -0.25) is 9.59 Å². The number of carbonyl (C=O) groups excluding carboxylic acids is 2. The lowest BCUT2D eigenvalue weighted by Crippen LogP contribution is -2.12. The Bertz CT molecular complexity index is 178. The van der Waals surface area contributed by atoms with E-state index in [2.05, 4.69) is 14.5 Å². The van der Waals surface area contributed by atoms with Crippen molar-refractivity contribution >= 4 is 11.8 Å². The second kappa shape index (κ2) is 8.65. The lowest BCUT2D eigenvalue weighted by molar-refractivity contribution is -0.285. The molecule has 0 aliphatic heterocycles. The van der Waals surface area contributed by atoms with Crippen LogP contribution in [0, 0.1) is 0 Å². The maximum absolute atomic E-state index is 11.0. The number of Topliss-reactive ketones (excluding diaryl/α,β-unsaturated/α-hetero) is 1. The summed E-state index contributed by atoms with van der Waals surface area (Å²) in [5, 5.41) is 0. The standard InChI is InChI=1S/C9H16O5/c1-3-12-9(11)6-5-8(10)7-14-13-4-2/h3-7H2,1-2H3. The Hall–Kier alpha value is -0.940. The molecule has 0 fully saturated rings. The van der Waals surface area contributed by atoms with Gasteiger partial charge in [-0.1, -0.05) is 0 Å². The summed E-state index contributed by atoms with van der Waals surface area (Å²) in [6, 6.07) is 0. The first-order valence-corrected chi connectivity index (χ1v) is 4.62. The predicted octanol–water partition coefficient (Wildman–Crippen LogP) is 0.867. The Kier molecular flexibility index (Phi) is 8.07. The van der Waals surface area contributed by atoms with E-state index in [1.165, 1.54) is 0 Å². The molecule has 0 amide bonds. The summed E-state index contributed by atoms with van der Waals surface area (Å²) in [4.78, 5) is 30.9. The van der Waals surface area contributed by atoms with E-state index in [1.807, 2.05) is 0 Å². The molecule has 0 aromatic carbocycles. The summed E-state index contributed by atoms with van der Waals surface area (Å²) < 4.78 is 4.65. The van der Waals surface area contributed by atoms with Crippen LogP contribution in [0.1, 0.15) is 26.7 Å². The van der Waals surface area contributed by atoms with Gasteiger partial charge in [0.2, 0.25) is 0 Å². The van der Waals surface area contributed by atoms with Crippen molar-refractivity contribution in [2.75, 3.05) is 19.8 Å². The first kappa shape index (κ1) is 13.1. The summed E-state index contributed by atoms with van der Waals surface area (Å²) in [5.41, 5.74) is 0. The molecule has 0 rings (SSSR count). The molecule has 0 spiro atoms. The fourth-order valence-electron chi connectivity index (χ4n) is 0.738. The third-order valence-corrected chi connectivity index (χ3v) is 1.33. The SMILES string of the molecule is CCOOCC(=O)CCC(=O)OCC. The molecule has 0 aromatic rings. The predicted molar refractivity (Wildman–Crippen MR) is 48.5 cm³/mol. The van der Waals surface area contributed by atoms with Gasteiger partial charge in [0.05, 0.1) is 19.6 Å². The van der Waals surface area contributed by atoms with Gasteiger partial charge in [0.1, 0.15) is 6.61 Å². The van der Waals surface area contributed by atoms with Crippen molar-refractivity contribution in [3.63, 3.8) is 0 Å². The van der Waals surface area contributed by atoms with Crippen molar-refractivity contribution in [3.05, 3.63) is 0 Å². The zero-order valence-corrected chi connectivity index (χ0v) is 8.58. The Morgan fingerprint density at radius 2 is 1.71 bits per heavy atom. The molecule has 5 nitrogen and oxygen atoms in total. The van der Waals surface area contributed by atoms with Crippen LogP contribution in [0.15, 0.2) is 0 Å². The van der Waals surface area contributed by atoms with Gasteiger partial charge in [0.15, 0.2) is 5.78 Å². The Morgan fingerprint density at radius 3 is 2.29 bits per heavy atom. The summed E-state index contributed by atoms with van der Waals surface area (Å²) >= 11 is 0. The summed E-state index contributed by atoms with van der Waals surface area (Å²) in [5.74, 6) is -0.538. The zero-order chi connectivity index (χ0) is 10.8. The number of esters is 1. The van der Waals surface area contributed by atoms with Crippen LogP contribution in [-0.2, 0) is 24.1 Å². The van der Waals surface area contributed by atoms with E-state index in [-0.39, 0.29) is 31.2 Å². The molecule has 0 saturated carbocycles. The maximum atomic E-state index is 11.0. The van der Waals surface area contributed by atoms with Crippen LogP contribution in [0.5, 0.6) is 0 Å². The Balaban J connectivity index is 3.39. The molecule has 0 saturated heterocycles. The normalized spacial score (nSPS) is 9.86. The number of hydrogen-bond donors (Lipinski definition) is 0.